The Morgan fingerprint density at radius 1 is 0.694 bits per heavy atom. The van der Waals surface area contributed by atoms with Gasteiger partial charge in [-0.3, -0.25) is 0 Å². The Hall–Kier alpha value is -4.28. The van der Waals surface area contributed by atoms with Crippen molar-refractivity contribution >= 4 is 29.0 Å². The first kappa shape index (κ1) is 24.8. The van der Waals surface area contributed by atoms with Gasteiger partial charge in [-0.15, -0.1) is 9.36 Å². The molecule has 0 saturated heterocycles. The Morgan fingerprint density at radius 2 is 1.22 bits per heavy atom. The summed E-state index contributed by atoms with van der Waals surface area (Å²) in [6, 6.07) is 16.3. The molecule has 0 unspecified atom stereocenters. The van der Waals surface area contributed by atoms with Crippen molar-refractivity contribution in [3.05, 3.63) is 66.7 Å². The molecule has 0 radical (unpaired) electrons. The van der Waals surface area contributed by atoms with Gasteiger partial charge in [0.2, 0.25) is 12.7 Å². The summed E-state index contributed by atoms with van der Waals surface area (Å²) in [7, 11) is 7.48. The maximum absolute atomic E-state index is 4.31. The molecule has 0 aliphatic carbocycles. The summed E-state index contributed by atoms with van der Waals surface area (Å²) in [5, 5.41) is 28.9. The maximum atomic E-state index is 4.31. The lowest BCUT2D eigenvalue weighted by atomic mass is 10.1. The highest BCUT2D eigenvalue weighted by molar-refractivity contribution is 5.50. The fourth-order valence-corrected chi connectivity index (χ4v) is 3.69. The largest absolute Gasteiger partial charge is 0.403 e. The van der Waals surface area contributed by atoms with Crippen LogP contribution >= 0.6 is 0 Å². The Labute approximate surface area is 210 Å². The van der Waals surface area contributed by atoms with Crippen LogP contribution in [0, 0.1) is 0 Å². The first-order chi connectivity index (χ1) is 17.5. The zero-order valence-corrected chi connectivity index (χ0v) is 21.3. The van der Waals surface area contributed by atoms with E-state index in [9.17, 15) is 0 Å². The van der Waals surface area contributed by atoms with E-state index in [2.05, 4.69) is 48.1 Å². The molecule has 0 aliphatic rings. The molecule has 2 aromatic carbocycles. The van der Waals surface area contributed by atoms with Crippen LogP contribution in [-0.4, -0.2) is 26.1 Å². The molecule has 1 N–H and O–H groups in total. The molecule has 186 valence electrons. The summed E-state index contributed by atoms with van der Waals surface area (Å²) in [6.45, 7) is 0.941. The molecule has 0 amide bonds. The zero-order chi connectivity index (χ0) is 25.3. The van der Waals surface area contributed by atoms with Gasteiger partial charge in [0.05, 0.1) is 39.6 Å². The van der Waals surface area contributed by atoms with Crippen LogP contribution in [0.4, 0.5) is 29.0 Å². The number of azo groups is 2. The topological polar surface area (TPSA) is 105 Å². The summed E-state index contributed by atoms with van der Waals surface area (Å²) >= 11 is 0. The van der Waals surface area contributed by atoms with Crippen molar-refractivity contribution in [3.63, 3.8) is 0 Å². The summed E-state index contributed by atoms with van der Waals surface area (Å²) in [5.41, 5.74) is 4.05. The van der Waals surface area contributed by atoms with Gasteiger partial charge in [-0.05, 0) is 71.4 Å². The molecule has 11 nitrogen and oxygen atoms in total. The number of aryl methyl sites for hydroxylation is 5. The number of rotatable bonds is 11. The lowest BCUT2D eigenvalue weighted by Gasteiger charge is -2.06. The van der Waals surface area contributed by atoms with E-state index in [0.29, 0.717) is 11.9 Å². The van der Waals surface area contributed by atoms with Crippen LogP contribution in [0.5, 0.6) is 0 Å². The number of benzene rings is 2. The van der Waals surface area contributed by atoms with Crippen LogP contribution in [0.3, 0.4) is 0 Å². The molecule has 2 aromatic heterocycles. The third kappa shape index (κ3) is 6.65. The second-order valence-corrected chi connectivity index (χ2v) is 8.68. The SMILES string of the molecule is Cn1nc[n+](C)c1N=Nc1ccc(CCCCCNc2ccc(N=Nc3n(C)nc[n+]3C)cc2)cc1. The minimum Gasteiger partial charge on any atom is -0.385 e. The van der Waals surface area contributed by atoms with E-state index in [0.717, 1.165) is 42.9 Å². The van der Waals surface area contributed by atoms with Gasteiger partial charge in [-0.25, -0.2) is 9.13 Å². The molecular weight excluding hydrogens is 454 g/mol. The summed E-state index contributed by atoms with van der Waals surface area (Å²) in [6.07, 6.45) is 7.91. The highest BCUT2D eigenvalue weighted by Crippen LogP contribution is 2.19. The van der Waals surface area contributed by atoms with Crippen LogP contribution in [0.2, 0.25) is 0 Å². The molecule has 4 aromatic rings. The van der Waals surface area contributed by atoms with E-state index >= 15 is 0 Å². The number of anilines is 1. The molecule has 0 saturated carbocycles. The van der Waals surface area contributed by atoms with Gasteiger partial charge in [0, 0.05) is 22.5 Å². The molecule has 36 heavy (non-hydrogen) atoms. The Bertz CT molecular complexity index is 1170. The number of hydrogen-bond acceptors (Lipinski definition) is 7. The second-order valence-electron chi connectivity index (χ2n) is 8.68. The van der Waals surface area contributed by atoms with Gasteiger partial charge in [0.15, 0.2) is 0 Å². The summed E-state index contributed by atoms with van der Waals surface area (Å²) in [4.78, 5) is 0. The van der Waals surface area contributed by atoms with Crippen LogP contribution in [-0.2, 0) is 34.6 Å². The van der Waals surface area contributed by atoms with E-state index < -0.39 is 0 Å². The molecular formula is C25H33N11+2. The van der Waals surface area contributed by atoms with Gasteiger partial charge in [-0.2, -0.15) is 0 Å². The number of unbranched alkanes of at least 4 members (excludes halogenated alkanes) is 2. The van der Waals surface area contributed by atoms with Crippen molar-refractivity contribution in [3.8, 4) is 0 Å². The molecule has 0 spiro atoms. The molecule has 4 rings (SSSR count). The van der Waals surface area contributed by atoms with Crippen molar-refractivity contribution in [1.29, 1.82) is 0 Å². The predicted molar refractivity (Wildman–Crippen MR) is 136 cm³/mol. The summed E-state index contributed by atoms with van der Waals surface area (Å²) in [5.74, 6) is 1.39. The minimum atomic E-state index is 0.689. The molecule has 2 heterocycles. The van der Waals surface area contributed by atoms with Crippen molar-refractivity contribution in [1.82, 2.24) is 19.6 Å². The standard InChI is InChI=1S/C25H32N11/c1-33-18-27-35(3)24(33)31-29-22-11-9-20(10-12-22)8-6-5-7-17-26-21-13-15-23(16-14-21)30-32-25-34(2)19-28-36(25)4/h9-16,18-19H,5-8,17H2,1-4H3/q+1/p+1. The number of aromatic nitrogens is 6. The fourth-order valence-electron chi connectivity index (χ4n) is 3.69. The lowest BCUT2D eigenvalue weighted by molar-refractivity contribution is -0.659. The minimum absolute atomic E-state index is 0.689. The third-order valence-corrected chi connectivity index (χ3v) is 5.79. The monoisotopic (exact) mass is 487 g/mol. The number of nitrogens with one attached hydrogen (secondary N) is 1. The van der Waals surface area contributed by atoms with Gasteiger partial charge in [0.1, 0.15) is 0 Å². The predicted octanol–water partition coefficient (Wildman–Crippen LogP) is 4.46. The number of hydrogen-bond donors (Lipinski definition) is 1. The Balaban J connectivity index is 1.14. The van der Waals surface area contributed by atoms with Crippen LogP contribution < -0.4 is 14.5 Å². The van der Waals surface area contributed by atoms with Gasteiger partial charge < -0.3 is 5.32 Å². The highest BCUT2D eigenvalue weighted by atomic mass is 15.4. The maximum Gasteiger partial charge on any atom is 0.403 e. The van der Waals surface area contributed by atoms with Crippen molar-refractivity contribution in [2.24, 2.45) is 48.6 Å². The molecule has 0 bridgehead atoms. The fraction of sp³-hybridized carbons (Fsp3) is 0.360. The molecule has 0 fully saturated rings. The molecule has 11 heteroatoms. The van der Waals surface area contributed by atoms with Crippen LogP contribution in [0.1, 0.15) is 24.8 Å². The zero-order valence-electron chi connectivity index (χ0n) is 21.3. The van der Waals surface area contributed by atoms with Crippen molar-refractivity contribution in [2.45, 2.75) is 25.7 Å². The molecule has 0 aliphatic heterocycles. The van der Waals surface area contributed by atoms with E-state index in [4.69, 9.17) is 0 Å². The van der Waals surface area contributed by atoms with Crippen LogP contribution in [0.15, 0.2) is 81.6 Å². The second kappa shape index (κ2) is 11.9. The third-order valence-electron chi connectivity index (χ3n) is 5.79. The quantitative estimate of drug-likeness (QED) is 0.192. The highest BCUT2D eigenvalue weighted by Gasteiger charge is 2.12. The van der Waals surface area contributed by atoms with E-state index in [1.807, 2.05) is 73.7 Å². The first-order valence-electron chi connectivity index (χ1n) is 12.0. The van der Waals surface area contributed by atoms with E-state index in [-0.39, 0.29) is 0 Å². The Morgan fingerprint density at radius 3 is 1.72 bits per heavy atom. The van der Waals surface area contributed by atoms with Crippen molar-refractivity contribution < 1.29 is 9.13 Å². The Kier molecular flexibility index (Phi) is 8.22. The normalized spacial score (nSPS) is 11.7. The average Bonchev–Trinajstić information content (AvgIpc) is 3.39. The number of nitrogens with zero attached hydrogens (tertiary/aromatic N) is 10. The summed E-state index contributed by atoms with van der Waals surface area (Å²) < 4.78 is 7.04. The van der Waals surface area contributed by atoms with Crippen LogP contribution in [0.25, 0.3) is 0 Å². The first-order valence-corrected chi connectivity index (χ1v) is 12.0. The van der Waals surface area contributed by atoms with Gasteiger partial charge in [0.25, 0.3) is 0 Å². The average molecular weight is 488 g/mol. The van der Waals surface area contributed by atoms with Crippen molar-refractivity contribution in [2.75, 3.05) is 11.9 Å². The van der Waals surface area contributed by atoms with Gasteiger partial charge >= 0.3 is 11.9 Å². The van der Waals surface area contributed by atoms with Gasteiger partial charge in [-0.1, -0.05) is 28.8 Å². The smallest absolute Gasteiger partial charge is 0.385 e. The molecule has 0 atom stereocenters. The van der Waals surface area contributed by atoms with E-state index in [1.165, 1.54) is 12.0 Å². The van der Waals surface area contributed by atoms with E-state index in [1.54, 1.807) is 22.0 Å². The lowest BCUT2D eigenvalue weighted by Crippen LogP contribution is -2.25.